The Morgan fingerprint density at radius 3 is 0.947 bits per heavy atom. The molecule has 0 heterocycles. The van der Waals surface area contributed by atoms with E-state index in [1.807, 2.05) is 0 Å². The smallest absolute Gasteiger partial charge is 0.112 e. The molecule has 0 saturated carbocycles. The molecule has 76 heavy (non-hydrogen) atoms. The van der Waals surface area contributed by atoms with Crippen LogP contribution in [0.1, 0.15) is 274 Å². The van der Waals surface area contributed by atoms with Gasteiger partial charge >= 0.3 is 0 Å². The van der Waals surface area contributed by atoms with Gasteiger partial charge in [0.15, 0.2) is 0 Å². The number of benzene rings is 3. The Hall–Kier alpha value is -3.56. The summed E-state index contributed by atoms with van der Waals surface area (Å²) in [5.41, 5.74) is 21.8. The second-order valence-corrected chi connectivity index (χ2v) is 25.9. The minimum atomic E-state index is -0.111. The molecule has 3 aromatic carbocycles. The minimum absolute atomic E-state index is 0.0585. The Morgan fingerprint density at radius 2 is 0.724 bits per heavy atom. The monoisotopic (exact) mass is 1070 g/mol. The van der Waals surface area contributed by atoms with Crippen molar-refractivity contribution in [3.05, 3.63) is 88.0 Å². The molecule has 0 fully saturated rings. The third-order valence-electron chi connectivity index (χ3n) is 13.4. The van der Waals surface area contributed by atoms with Crippen LogP contribution in [0.3, 0.4) is 0 Å². The molecule has 434 valence electrons. The number of amidine groups is 2. The lowest BCUT2D eigenvalue weighted by Gasteiger charge is -2.28. The van der Waals surface area contributed by atoms with Crippen molar-refractivity contribution in [3.8, 4) is 0 Å². The molecule has 0 atom stereocenters. The van der Waals surface area contributed by atoms with E-state index >= 15 is 0 Å². The lowest BCUT2D eigenvalue weighted by molar-refractivity contribution is 0.321. The molecule has 0 aliphatic heterocycles. The molecule has 0 aliphatic carbocycles. The van der Waals surface area contributed by atoms with Gasteiger partial charge in [0.2, 0.25) is 0 Å². The number of hydrogen-bond acceptors (Lipinski definition) is 6. The number of halogens is 1. The molecular weight excluding hydrogens is 952 g/mol. The van der Waals surface area contributed by atoms with E-state index in [0.717, 1.165) is 75.6 Å². The van der Waals surface area contributed by atoms with Crippen LogP contribution in [0.15, 0.2) is 69.6 Å². The van der Waals surface area contributed by atoms with Crippen LogP contribution < -0.4 is 22.1 Å². The maximum atomic E-state index is 6.39. The molecule has 0 unspecified atom stereocenters. The van der Waals surface area contributed by atoms with E-state index < -0.39 is 0 Å². The predicted octanol–water partition coefficient (Wildman–Crippen LogP) is 19.4. The van der Waals surface area contributed by atoms with Crippen LogP contribution in [0.5, 0.6) is 0 Å². The Bertz CT molecular complexity index is 1950. The first kappa shape index (κ1) is 72.4. The van der Waals surface area contributed by atoms with Gasteiger partial charge in [0.25, 0.3) is 0 Å². The molecular formula is C67H119ClN8. The predicted molar refractivity (Wildman–Crippen MR) is 346 cm³/mol. The zero-order valence-corrected chi connectivity index (χ0v) is 54.4. The van der Waals surface area contributed by atoms with Gasteiger partial charge in [-0.25, -0.2) is 4.99 Å². The van der Waals surface area contributed by atoms with Gasteiger partial charge in [-0.3, -0.25) is 9.98 Å². The Labute approximate surface area is 475 Å². The SMILES string of the molecule is CC(C)c1cccc(C(C)C)c1N=C(Cl)C(C)(C)C.CC(C)c1cccc(C(C)C)c1NC(=NCCCCCN=C(Nc1c(C(C)C)cccc1C(C)C)C(C)(C)C)C(C)(C)C.CCN(CC)CC.NCCCCCN. The second-order valence-electron chi connectivity index (χ2n) is 25.5. The number of aliphatic imine (C=N–C) groups is 3. The van der Waals surface area contributed by atoms with Crippen LogP contribution in [0, 0.1) is 16.2 Å². The summed E-state index contributed by atoms with van der Waals surface area (Å²) < 4.78 is 0. The van der Waals surface area contributed by atoms with Gasteiger partial charge in [-0.15, -0.1) is 0 Å². The van der Waals surface area contributed by atoms with Crippen LogP contribution >= 0.6 is 11.6 Å². The highest BCUT2D eigenvalue weighted by Gasteiger charge is 2.25. The fourth-order valence-corrected chi connectivity index (χ4v) is 8.47. The molecule has 8 nitrogen and oxygen atoms in total. The quantitative estimate of drug-likeness (QED) is 0.0454. The summed E-state index contributed by atoms with van der Waals surface area (Å²) in [5.74, 6) is 4.84. The van der Waals surface area contributed by atoms with Crippen LogP contribution in [-0.4, -0.2) is 67.6 Å². The lowest BCUT2D eigenvalue weighted by Crippen LogP contribution is -2.30. The van der Waals surface area contributed by atoms with E-state index in [9.17, 15) is 0 Å². The van der Waals surface area contributed by atoms with Crippen LogP contribution in [-0.2, 0) is 0 Å². The standard InChI is InChI=1S/C39H64N4.C17H26ClN.C6H15N.C5H14N2/c1-26(2)30-20-18-21-31(27(3)4)34(30)42-36(38(9,10)11)40-24-16-15-17-25-41-37(39(12,13)14)43-35-32(28(5)6)22-19-23-33(35)29(7)8;1-11(2)13-9-8-10-14(12(3)4)15(13)19-16(18)17(5,6)7;1-4-7(5-2)6-3;6-4-2-1-3-5-7/h18-23,26-29H,15-17,24-25H2,1-14H3,(H,40,42)(H,41,43);8-12H,1-7H3;4-6H2,1-3H3;1-7H2. The van der Waals surface area contributed by atoms with Crippen LogP contribution in [0.4, 0.5) is 17.1 Å². The van der Waals surface area contributed by atoms with Crippen molar-refractivity contribution in [1.82, 2.24) is 4.90 Å². The highest BCUT2D eigenvalue weighted by molar-refractivity contribution is 6.66. The first-order chi connectivity index (χ1) is 35.3. The first-order valence-electron chi connectivity index (χ1n) is 29.7. The molecule has 0 saturated heterocycles. The third-order valence-corrected chi connectivity index (χ3v) is 14.1. The second kappa shape index (κ2) is 36.6. The summed E-state index contributed by atoms with van der Waals surface area (Å²) in [6.07, 6.45) is 6.67. The highest BCUT2D eigenvalue weighted by Crippen LogP contribution is 2.38. The number of unbranched alkanes of at least 4 members (excludes halogenated alkanes) is 4. The minimum Gasteiger partial charge on any atom is -0.343 e. The highest BCUT2D eigenvalue weighted by atomic mass is 35.5. The average Bonchev–Trinajstić information content (AvgIpc) is 3.32. The summed E-state index contributed by atoms with van der Waals surface area (Å²) in [7, 11) is 0. The van der Waals surface area contributed by atoms with Crippen molar-refractivity contribution < 1.29 is 0 Å². The summed E-state index contributed by atoms with van der Waals surface area (Å²) in [6.45, 7) is 60.1. The fourth-order valence-electron chi connectivity index (χ4n) is 8.38. The van der Waals surface area contributed by atoms with Gasteiger partial charge < -0.3 is 27.0 Å². The topological polar surface area (TPSA) is 116 Å². The zero-order valence-electron chi connectivity index (χ0n) is 53.7. The molecule has 0 spiro atoms. The fraction of sp³-hybridized carbons (Fsp3) is 0.687. The summed E-state index contributed by atoms with van der Waals surface area (Å²) >= 11 is 6.39. The van der Waals surface area contributed by atoms with Gasteiger partial charge in [0.05, 0.1) is 5.69 Å². The van der Waals surface area contributed by atoms with E-state index in [2.05, 4.69) is 236 Å². The van der Waals surface area contributed by atoms with E-state index in [-0.39, 0.29) is 16.2 Å². The maximum absolute atomic E-state index is 6.39. The number of nitrogens with two attached hydrogens (primary N) is 2. The number of para-hydroxylation sites is 3. The number of anilines is 2. The van der Waals surface area contributed by atoms with Crippen LogP contribution in [0.25, 0.3) is 0 Å². The van der Waals surface area contributed by atoms with Crippen LogP contribution in [0.2, 0.25) is 0 Å². The zero-order chi connectivity index (χ0) is 58.6. The van der Waals surface area contributed by atoms with Crippen molar-refractivity contribution >= 4 is 45.5 Å². The molecule has 3 rings (SSSR count). The van der Waals surface area contributed by atoms with Crippen molar-refractivity contribution in [2.75, 3.05) is 56.4 Å². The van der Waals surface area contributed by atoms with Gasteiger partial charge in [-0.05, 0) is 134 Å². The Morgan fingerprint density at radius 1 is 0.447 bits per heavy atom. The largest absolute Gasteiger partial charge is 0.343 e. The molecule has 3 aromatic rings. The van der Waals surface area contributed by atoms with Crippen molar-refractivity contribution in [2.24, 2.45) is 42.7 Å². The summed E-state index contributed by atoms with van der Waals surface area (Å²) in [5, 5.41) is 8.31. The van der Waals surface area contributed by atoms with Gasteiger partial charge in [0.1, 0.15) is 16.8 Å². The van der Waals surface area contributed by atoms with Crippen molar-refractivity contribution in [1.29, 1.82) is 0 Å². The first-order valence-corrected chi connectivity index (χ1v) is 30.1. The van der Waals surface area contributed by atoms with Gasteiger partial charge in [-0.1, -0.05) is 239 Å². The number of rotatable bonds is 22. The number of nitrogens with zero attached hydrogens (tertiary/aromatic N) is 4. The van der Waals surface area contributed by atoms with Gasteiger partial charge in [-0.2, -0.15) is 0 Å². The van der Waals surface area contributed by atoms with Gasteiger partial charge in [0, 0.05) is 40.7 Å². The van der Waals surface area contributed by atoms with E-state index in [1.165, 1.54) is 70.8 Å². The molecule has 6 N–H and O–H groups in total. The summed E-state index contributed by atoms with van der Waals surface area (Å²) in [6, 6.07) is 19.8. The average molecular weight is 1070 g/mol. The molecule has 0 aliphatic rings. The molecule has 0 aromatic heterocycles. The molecule has 0 radical (unpaired) electrons. The summed E-state index contributed by atoms with van der Waals surface area (Å²) in [4.78, 5) is 17.4. The number of hydrogen-bond donors (Lipinski definition) is 4. The van der Waals surface area contributed by atoms with Crippen molar-refractivity contribution in [2.45, 2.75) is 240 Å². The van der Waals surface area contributed by atoms with Crippen molar-refractivity contribution in [3.63, 3.8) is 0 Å². The van der Waals surface area contributed by atoms with E-state index in [0.29, 0.717) is 40.7 Å². The normalized spacial score (nSPS) is 12.8. The third kappa shape index (κ3) is 26.9. The molecule has 0 amide bonds. The number of nitrogens with one attached hydrogen (secondary N) is 2. The molecule has 9 heteroatoms. The van der Waals surface area contributed by atoms with E-state index in [4.69, 9.17) is 38.0 Å². The molecule has 0 bridgehead atoms. The van der Waals surface area contributed by atoms with E-state index in [1.54, 1.807) is 0 Å². The maximum Gasteiger partial charge on any atom is 0.112 e. The Kier molecular flexibility index (Phi) is 34.9. The lowest BCUT2D eigenvalue weighted by atomic mass is 9.90. The Balaban J connectivity index is 0.00000138.